The zero-order chi connectivity index (χ0) is 12.5. The highest BCUT2D eigenvalue weighted by atomic mass is 79.9. The minimum Gasteiger partial charge on any atom is -0.367 e. The number of aromatic amines is 1. The van der Waals surface area contributed by atoms with E-state index < -0.39 is 0 Å². The van der Waals surface area contributed by atoms with Crippen molar-refractivity contribution in [1.82, 2.24) is 20.6 Å². The van der Waals surface area contributed by atoms with E-state index in [0.717, 1.165) is 10.0 Å². The molecular weight excluding hydrogens is 298 g/mol. The van der Waals surface area contributed by atoms with E-state index >= 15 is 0 Å². The molecule has 1 aromatic carbocycles. The fraction of sp³-hybridized carbons (Fsp3) is 0. The smallest absolute Gasteiger partial charge is 0.230 e. The van der Waals surface area contributed by atoms with Crippen LogP contribution in [0.15, 0.2) is 39.5 Å². The monoisotopic (exact) mass is 305 g/mol. The molecule has 0 bridgehead atoms. The van der Waals surface area contributed by atoms with E-state index in [1.54, 1.807) is 6.20 Å². The number of hydrogen-bond acceptors (Lipinski definition) is 5. The highest BCUT2D eigenvalue weighted by Crippen LogP contribution is 2.38. The van der Waals surface area contributed by atoms with Gasteiger partial charge in [0.05, 0.1) is 11.8 Å². The second-order valence-corrected chi connectivity index (χ2v) is 4.46. The van der Waals surface area contributed by atoms with Gasteiger partial charge in [0.1, 0.15) is 11.4 Å². The molecule has 90 valence electrons. The Bertz CT molecular complexity index is 677. The van der Waals surface area contributed by atoms with Gasteiger partial charge in [-0.15, -0.1) is 0 Å². The Hall–Kier alpha value is -2.15. The van der Waals surface area contributed by atoms with E-state index in [4.69, 9.17) is 10.3 Å². The summed E-state index contributed by atoms with van der Waals surface area (Å²) >= 11 is 3.48. The van der Waals surface area contributed by atoms with Crippen LogP contribution >= 0.6 is 15.9 Å². The van der Waals surface area contributed by atoms with Gasteiger partial charge in [0.2, 0.25) is 5.88 Å². The first-order chi connectivity index (χ1) is 8.77. The molecule has 0 saturated heterocycles. The summed E-state index contributed by atoms with van der Waals surface area (Å²) in [6.45, 7) is 0. The highest BCUT2D eigenvalue weighted by molar-refractivity contribution is 9.10. The molecular formula is C11H8BrN5O. The average molecular weight is 306 g/mol. The molecule has 3 N–H and O–H groups in total. The Morgan fingerprint density at radius 1 is 1.28 bits per heavy atom. The van der Waals surface area contributed by atoms with E-state index in [1.165, 1.54) is 0 Å². The Labute approximate surface area is 110 Å². The zero-order valence-electron chi connectivity index (χ0n) is 9.09. The van der Waals surface area contributed by atoms with Gasteiger partial charge in [0.25, 0.3) is 0 Å². The first-order valence-electron chi connectivity index (χ1n) is 5.13. The van der Waals surface area contributed by atoms with Gasteiger partial charge in [-0.05, 0) is 6.07 Å². The fourth-order valence-corrected chi connectivity index (χ4v) is 2.20. The predicted octanol–water partition coefficient (Wildman–Crippen LogP) is 2.47. The molecule has 3 rings (SSSR count). The summed E-state index contributed by atoms with van der Waals surface area (Å²) < 4.78 is 5.96. The number of nitrogens with zero attached hydrogens (tertiary/aromatic N) is 3. The van der Waals surface area contributed by atoms with Crippen molar-refractivity contribution >= 4 is 21.8 Å². The molecule has 18 heavy (non-hydrogen) atoms. The number of anilines is 1. The van der Waals surface area contributed by atoms with Crippen LogP contribution in [0.1, 0.15) is 0 Å². The van der Waals surface area contributed by atoms with Crippen LogP contribution in [0.2, 0.25) is 0 Å². The number of nitrogens with two attached hydrogens (primary N) is 1. The van der Waals surface area contributed by atoms with Gasteiger partial charge in [-0.3, -0.25) is 0 Å². The molecule has 0 aliphatic rings. The van der Waals surface area contributed by atoms with Gasteiger partial charge < -0.3 is 10.3 Å². The third kappa shape index (κ3) is 1.68. The second-order valence-electron chi connectivity index (χ2n) is 3.61. The van der Waals surface area contributed by atoms with Crippen molar-refractivity contribution in [3.05, 3.63) is 34.9 Å². The molecule has 0 unspecified atom stereocenters. The third-order valence-electron chi connectivity index (χ3n) is 2.52. The molecule has 0 amide bonds. The number of H-pyrrole nitrogens is 1. The van der Waals surface area contributed by atoms with Crippen LogP contribution in [0.4, 0.5) is 5.88 Å². The van der Waals surface area contributed by atoms with Crippen molar-refractivity contribution in [2.24, 2.45) is 0 Å². The molecule has 0 fully saturated rings. The quantitative estimate of drug-likeness (QED) is 0.758. The van der Waals surface area contributed by atoms with Gasteiger partial charge in [-0.2, -0.15) is 15.4 Å². The molecule has 6 nitrogen and oxygen atoms in total. The largest absolute Gasteiger partial charge is 0.367 e. The first kappa shape index (κ1) is 11.0. The Morgan fingerprint density at radius 2 is 2.11 bits per heavy atom. The maximum atomic E-state index is 5.84. The number of aromatic nitrogens is 4. The van der Waals surface area contributed by atoms with Crippen LogP contribution in [0, 0.1) is 0 Å². The van der Waals surface area contributed by atoms with Crippen LogP contribution in [-0.2, 0) is 0 Å². The van der Waals surface area contributed by atoms with E-state index in [2.05, 4.69) is 36.5 Å². The van der Waals surface area contributed by atoms with Gasteiger partial charge in [0.15, 0.2) is 0 Å². The van der Waals surface area contributed by atoms with Crippen molar-refractivity contribution in [1.29, 1.82) is 0 Å². The van der Waals surface area contributed by atoms with Crippen LogP contribution in [0.25, 0.3) is 22.5 Å². The summed E-state index contributed by atoms with van der Waals surface area (Å²) in [5, 5.41) is 14.2. The van der Waals surface area contributed by atoms with Crippen molar-refractivity contribution < 1.29 is 4.52 Å². The van der Waals surface area contributed by atoms with Crippen molar-refractivity contribution in [2.75, 3.05) is 5.73 Å². The topological polar surface area (TPSA) is 93.6 Å². The maximum Gasteiger partial charge on any atom is 0.230 e. The molecule has 3 aromatic rings. The number of hydrogen-bond donors (Lipinski definition) is 2. The number of nitrogen functional groups attached to an aromatic ring is 1. The Balaban J connectivity index is 2.24. The minimum atomic E-state index is 0.250. The molecule has 0 radical (unpaired) electrons. The van der Waals surface area contributed by atoms with Crippen LogP contribution in [0.3, 0.4) is 0 Å². The normalized spacial score (nSPS) is 10.7. The van der Waals surface area contributed by atoms with Crippen molar-refractivity contribution in [3.63, 3.8) is 0 Å². The van der Waals surface area contributed by atoms with Crippen LogP contribution in [-0.4, -0.2) is 20.6 Å². The lowest BCUT2D eigenvalue weighted by molar-refractivity contribution is 0.439. The lowest BCUT2D eigenvalue weighted by Gasteiger charge is -2.03. The summed E-state index contributed by atoms with van der Waals surface area (Å²) in [5.41, 5.74) is 8.59. The Kier molecular flexibility index (Phi) is 2.60. The van der Waals surface area contributed by atoms with E-state index in [9.17, 15) is 0 Å². The molecule has 2 aromatic heterocycles. The fourth-order valence-electron chi connectivity index (χ4n) is 1.72. The maximum absolute atomic E-state index is 5.84. The lowest BCUT2D eigenvalue weighted by atomic mass is 10.0. The number of benzene rings is 1. The van der Waals surface area contributed by atoms with Gasteiger partial charge in [0, 0.05) is 10.0 Å². The highest BCUT2D eigenvalue weighted by Gasteiger charge is 2.20. The average Bonchev–Trinajstić information content (AvgIpc) is 2.99. The number of nitrogens with one attached hydrogen (secondary N) is 1. The summed E-state index contributed by atoms with van der Waals surface area (Å²) in [7, 11) is 0. The lowest BCUT2D eigenvalue weighted by Crippen LogP contribution is -1.89. The molecule has 7 heteroatoms. The summed E-state index contributed by atoms with van der Waals surface area (Å²) in [4.78, 5) is 0. The summed E-state index contributed by atoms with van der Waals surface area (Å²) in [6.07, 6.45) is 1.57. The van der Waals surface area contributed by atoms with Crippen LogP contribution < -0.4 is 5.73 Å². The van der Waals surface area contributed by atoms with Crippen LogP contribution in [0.5, 0.6) is 0 Å². The summed E-state index contributed by atoms with van der Waals surface area (Å²) in [6, 6.07) is 7.69. The minimum absolute atomic E-state index is 0.250. The van der Waals surface area contributed by atoms with E-state index in [0.29, 0.717) is 17.0 Å². The van der Waals surface area contributed by atoms with Gasteiger partial charge in [-0.1, -0.05) is 39.3 Å². The molecule has 0 aliphatic heterocycles. The number of rotatable bonds is 2. The molecule has 0 spiro atoms. The standard InChI is InChI=1S/C11H8BrN5O/c12-7-4-2-1-3-6(7)9-10(16-18-11(9)13)8-5-14-17-15-8/h1-5H,13H2,(H,14,15,17). The van der Waals surface area contributed by atoms with Gasteiger partial charge in [-0.25, -0.2) is 0 Å². The SMILES string of the molecule is Nc1onc(-c2cn[nH]n2)c1-c1ccccc1Br. The third-order valence-corrected chi connectivity index (χ3v) is 3.21. The molecule has 0 aliphatic carbocycles. The number of halogens is 1. The Morgan fingerprint density at radius 3 is 2.83 bits per heavy atom. The van der Waals surface area contributed by atoms with Crippen molar-refractivity contribution in [2.45, 2.75) is 0 Å². The molecule has 0 atom stereocenters. The molecule has 0 saturated carbocycles. The van der Waals surface area contributed by atoms with E-state index in [1.807, 2.05) is 24.3 Å². The molecule has 2 heterocycles. The summed E-state index contributed by atoms with van der Waals surface area (Å²) in [5.74, 6) is 0.250. The van der Waals surface area contributed by atoms with Gasteiger partial charge >= 0.3 is 0 Å². The zero-order valence-corrected chi connectivity index (χ0v) is 10.7. The predicted molar refractivity (Wildman–Crippen MR) is 69.4 cm³/mol. The van der Waals surface area contributed by atoms with E-state index in [-0.39, 0.29) is 5.88 Å². The first-order valence-corrected chi connectivity index (χ1v) is 5.93. The van der Waals surface area contributed by atoms with Crippen molar-refractivity contribution in [3.8, 4) is 22.5 Å². The second kappa shape index (κ2) is 4.26.